The van der Waals surface area contributed by atoms with Gasteiger partial charge in [0.05, 0.1) is 25.4 Å². The van der Waals surface area contributed by atoms with Crippen LogP contribution in [0.15, 0.2) is 65.6 Å². The lowest BCUT2D eigenvalue weighted by atomic mass is 10.1. The van der Waals surface area contributed by atoms with Crippen LogP contribution >= 0.6 is 0 Å². The Balaban J connectivity index is 1.92. The highest BCUT2D eigenvalue weighted by Gasteiger charge is 2.32. The number of benzene rings is 2. The van der Waals surface area contributed by atoms with E-state index in [0.717, 1.165) is 11.6 Å². The molecule has 1 heterocycles. The molecule has 28 heavy (non-hydrogen) atoms. The number of ether oxygens (including phenoxy) is 1. The number of hydrogen-bond donors (Lipinski definition) is 1. The first-order chi connectivity index (χ1) is 13.4. The third kappa shape index (κ3) is 4.51. The fourth-order valence-electron chi connectivity index (χ4n) is 2.78. The normalized spacial score (nSPS) is 11.3. The summed E-state index contributed by atoms with van der Waals surface area (Å²) in [6.07, 6.45) is -2.98. The second kappa shape index (κ2) is 8.16. The highest BCUT2D eigenvalue weighted by atomic mass is 19.4. The van der Waals surface area contributed by atoms with Crippen molar-refractivity contribution in [3.63, 3.8) is 0 Å². The summed E-state index contributed by atoms with van der Waals surface area (Å²) in [7, 11) is 1.36. The summed E-state index contributed by atoms with van der Waals surface area (Å²) in [5.74, 6) is 0.212. The first-order valence-electron chi connectivity index (χ1n) is 8.47. The van der Waals surface area contributed by atoms with Gasteiger partial charge >= 0.3 is 11.7 Å². The lowest BCUT2D eigenvalue weighted by Gasteiger charge is -2.17. The minimum atomic E-state index is -4.46. The molecule has 0 unspecified atom stereocenters. The molecule has 0 radical (unpaired) electrons. The first kappa shape index (κ1) is 19.5. The molecule has 0 aliphatic carbocycles. The van der Waals surface area contributed by atoms with Gasteiger partial charge in [-0.3, -0.25) is 4.79 Å². The Morgan fingerprint density at radius 3 is 2.43 bits per heavy atom. The van der Waals surface area contributed by atoms with Crippen molar-refractivity contribution in [3.8, 4) is 5.75 Å². The van der Waals surface area contributed by atoms with E-state index in [9.17, 15) is 18.0 Å². The molecule has 146 valence electrons. The van der Waals surface area contributed by atoms with Gasteiger partial charge in [-0.25, -0.2) is 0 Å². The fraction of sp³-hybridized carbons (Fsp3) is 0.200. The molecule has 1 aromatic heterocycles. The van der Waals surface area contributed by atoms with Crippen LogP contribution in [0.1, 0.15) is 16.7 Å². The smallest absolute Gasteiger partial charge is 0.416 e. The quantitative estimate of drug-likeness (QED) is 0.694. The van der Waals surface area contributed by atoms with Gasteiger partial charge in [0.1, 0.15) is 0 Å². The van der Waals surface area contributed by atoms with Gasteiger partial charge in [-0.2, -0.15) is 18.2 Å². The van der Waals surface area contributed by atoms with Crippen LogP contribution in [0.4, 0.5) is 19.1 Å². The van der Waals surface area contributed by atoms with Crippen molar-refractivity contribution < 1.29 is 17.9 Å². The minimum absolute atomic E-state index is 0.0529. The highest BCUT2D eigenvalue weighted by Crippen LogP contribution is 2.32. The molecule has 0 amide bonds. The molecule has 0 bridgehead atoms. The largest absolute Gasteiger partial charge is 0.490 e. The molecule has 0 fully saturated rings. The number of hydrogen-bond acceptors (Lipinski definition) is 4. The molecule has 0 aliphatic rings. The molecule has 8 heteroatoms. The predicted octanol–water partition coefficient (Wildman–Crippen LogP) is 3.93. The molecule has 0 aliphatic heterocycles. The van der Waals surface area contributed by atoms with Crippen molar-refractivity contribution in [2.24, 2.45) is 0 Å². The van der Waals surface area contributed by atoms with Crippen molar-refractivity contribution in [2.75, 3.05) is 12.4 Å². The van der Waals surface area contributed by atoms with Crippen molar-refractivity contribution in [1.29, 1.82) is 0 Å². The number of halogens is 3. The van der Waals surface area contributed by atoms with Crippen LogP contribution in [0.3, 0.4) is 0 Å². The summed E-state index contributed by atoms with van der Waals surface area (Å²) < 4.78 is 46.2. The number of nitrogens with one attached hydrogen (secondary N) is 1. The van der Waals surface area contributed by atoms with Crippen LogP contribution in [0, 0.1) is 0 Å². The molecule has 2 aromatic carbocycles. The van der Waals surface area contributed by atoms with Gasteiger partial charge in [0.25, 0.3) is 0 Å². The molecule has 0 saturated carbocycles. The average Bonchev–Trinajstić information content (AvgIpc) is 2.68. The van der Waals surface area contributed by atoms with Crippen LogP contribution < -0.4 is 15.6 Å². The van der Waals surface area contributed by atoms with Gasteiger partial charge in [0, 0.05) is 6.54 Å². The highest BCUT2D eigenvalue weighted by molar-refractivity contribution is 5.36. The van der Waals surface area contributed by atoms with E-state index in [4.69, 9.17) is 4.74 Å². The Bertz CT molecular complexity index is 1000. The van der Waals surface area contributed by atoms with Crippen LogP contribution in [0.5, 0.6) is 5.75 Å². The van der Waals surface area contributed by atoms with Gasteiger partial charge < -0.3 is 14.6 Å². The number of aromatic nitrogens is 2. The Morgan fingerprint density at radius 1 is 1.07 bits per heavy atom. The van der Waals surface area contributed by atoms with E-state index < -0.39 is 17.3 Å². The zero-order valence-electron chi connectivity index (χ0n) is 15.0. The van der Waals surface area contributed by atoms with Gasteiger partial charge in [-0.15, -0.1) is 0 Å². The maximum atomic E-state index is 13.2. The molecular formula is C20H18F3N3O2. The van der Waals surface area contributed by atoms with E-state index in [1.54, 1.807) is 4.57 Å². The summed E-state index contributed by atoms with van der Waals surface area (Å²) in [6, 6.07) is 14.7. The number of nitrogens with zero attached hydrogens (tertiary/aromatic N) is 2. The van der Waals surface area contributed by atoms with E-state index in [2.05, 4.69) is 10.3 Å². The molecular weight excluding hydrogens is 371 g/mol. The monoisotopic (exact) mass is 389 g/mol. The van der Waals surface area contributed by atoms with Crippen LogP contribution in [0.25, 0.3) is 0 Å². The van der Waals surface area contributed by atoms with E-state index in [0.29, 0.717) is 6.54 Å². The standard InChI is InChI=1S/C20H18F3N3O2/c1-28-17-13-26(12-14-7-3-2-4-8-14)19(25-18(17)27)24-11-15-9-5-6-10-16(15)20(21,22)23/h2-10,13H,11-12H2,1H3,(H,24,25,27). The zero-order chi connectivity index (χ0) is 20.1. The van der Waals surface area contributed by atoms with Crippen molar-refractivity contribution in [1.82, 2.24) is 9.55 Å². The van der Waals surface area contributed by atoms with Gasteiger partial charge in [-0.1, -0.05) is 48.5 Å². The number of anilines is 1. The van der Waals surface area contributed by atoms with E-state index in [1.165, 1.54) is 31.5 Å². The molecule has 3 rings (SSSR count). The SMILES string of the molecule is COc1cn(Cc2ccccc2)c(NCc2ccccc2C(F)(F)F)nc1=O. The summed E-state index contributed by atoms with van der Waals surface area (Å²) >= 11 is 0. The maximum Gasteiger partial charge on any atom is 0.416 e. The third-order valence-electron chi connectivity index (χ3n) is 4.14. The Morgan fingerprint density at radius 2 is 1.75 bits per heavy atom. The third-order valence-corrected chi connectivity index (χ3v) is 4.14. The second-order valence-electron chi connectivity index (χ2n) is 6.06. The summed E-state index contributed by atoms with van der Waals surface area (Å²) in [4.78, 5) is 16.0. The van der Waals surface area contributed by atoms with Crippen molar-refractivity contribution in [3.05, 3.63) is 87.8 Å². The Labute approximate surface area is 159 Å². The second-order valence-corrected chi connectivity index (χ2v) is 6.06. The minimum Gasteiger partial charge on any atom is -0.490 e. The van der Waals surface area contributed by atoms with Crippen LogP contribution in [-0.2, 0) is 19.3 Å². The molecule has 3 aromatic rings. The zero-order valence-corrected chi connectivity index (χ0v) is 15.0. The number of alkyl halides is 3. The van der Waals surface area contributed by atoms with Crippen molar-refractivity contribution in [2.45, 2.75) is 19.3 Å². The lowest BCUT2D eigenvalue weighted by Crippen LogP contribution is -2.21. The number of rotatable bonds is 6. The van der Waals surface area contributed by atoms with Crippen LogP contribution in [-0.4, -0.2) is 16.7 Å². The fourth-order valence-corrected chi connectivity index (χ4v) is 2.78. The molecule has 0 saturated heterocycles. The van der Waals surface area contributed by atoms with E-state index in [-0.39, 0.29) is 23.8 Å². The van der Waals surface area contributed by atoms with Gasteiger partial charge in [-0.05, 0) is 17.2 Å². The molecule has 0 spiro atoms. The Kier molecular flexibility index (Phi) is 5.67. The summed E-state index contributed by atoms with van der Waals surface area (Å²) in [5, 5.41) is 2.85. The van der Waals surface area contributed by atoms with Gasteiger partial charge in [0.2, 0.25) is 11.7 Å². The first-order valence-corrected chi connectivity index (χ1v) is 8.47. The molecule has 5 nitrogen and oxygen atoms in total. The van der Waals surface area contributed by atoms with Crippen molar-refractivity contribution >= 4 is 5.95 Å². The number of methoxy groups -OCH3 is 1. The summed E-state index contributed by atoms with van der Waals surface area (Å²) in [5.41, 5.74) is -0.327. The van der Waals surface area contributed by atoms with E-state index >= 15 is 0 Å². The predicted molar refractivity (Wildman–Crippen MR) is 99.4 cm³/mol. The van der Waals surface area contributed by atoms with Crippen LogP contribution in [0.2, 0.25) is 0 Å². The Hall–Kier alpha value is -3.29. The van der Waals surface area contributed by atoms with Gasteiger partial charge in [0.15, 0.2) is 0 Å². The lowest BCUT2D eigenvalue weighted by molar-refractivity contribution is -0.138. The average molecular weight is 389 g/mol. The topological polar surface area (TPSA) is 56.1 Å². The molecule has 0 atom stereocenters. The summed E-state index contributed by atoms with van der Waals surface area (Å²) in [6.45, 7) is 0.233. The molecule has 1 N–H and O–H groups in total. The maximum absolute atomic E-state index is 13.2. The van der Waals surface area contributed by atoms with E-state index in [1.807, 2.05) is 30.3 Å².